The zero-order chi connectivity index (χ0) is 18.9. The Morgan fingerprint density at radius 3 is 2.73 bits per heavy atom. The second kappa shape index (κ2) is 7.48. The van der Waals surface area contributed by atoms with Crippen molar-refractivity contribution in [3.05, 3.63) is 51.7 Å². The molecule has 2 aliphatic rings. The molecule has 26 heavy (non-hydrogen) atoms. The van der Waals surface area contributed by atoms with Crippen molar-refractivity contribution in [3.63, 3.8) is 0 Å². The van der Waals surface area contributed by atoms with Crippen molar-refractivity contribution in [2.75, 3.05) is 12.9 Å². The van der Waals surface area contributed by atoms with Crippen molar-refractivity contribution in [3.8, 4) is 17.2 Å². The van der Waals surface area contributed by atoms with Crippen molar-refractivity contribution in [1.29, 1.82) is 0 Å². The van der Waals surface area contributed by atoms with Gasteiger partial charge in [0.15, 0.2) is 16.7 Å². The first-order chi connectivity index (χ1) is 12.5. The van der Waals surface area contributed by atoms with Gasteiger partial charge in [0.25, 0.3) is 0 Å². The summed E-state index contributed by atoms with van der Waals surface area (Å²) in [5.41, 5.74) is 6.79. The number of thioether (sulfide) groups is 1. The number of amidine groups is 1. The predicted octanol–water partition coefficient (Wildman–Crippen LogP) is 5.42. The molecule has 0 bridgehead atoms. The molecule has 2 aliphatic heterocycles. The normalized spacial score (nSPS) is 20.1. The third-order valence-corrected chi connectivity index (χ3v) is 5.60. The molecular formula is C19H20BrFN2O2S. The van der Waals surface area contributed by atoms with E-state index in [2.05, 4.69) is 15.9 Å². The quantitative estimate of drug-likeness (QED) is 0.645. The fraction of sp³-hybridized carbons (Fsp3) is 0.316. The summed E-state index contributed by atoms with van der Waals surface area (Å²) in [4.78, 5) is 4.75. The van der Waals surface area contributed by atoms with Crippen molar-refractivity contribution < 1.29 is 13.9 Å². The van der Waals surface area contributed by atoms with E-state index in [1.807, 2.05) is 32.0 Å². The Morgan fingerprint density at radius 2 is 2.04 bits per heavy atom. The maximum absolute atomic E-state index is 14.6. The van der Waals surface area contributed by atoms with Gasteiger partial charge in [0, 0.05) is 27.4 Å². The van der Waals surface area contributed by atoms with Gasteiger partial charge in [0.1, 0.15) is 17.0 Å². The summed E-state index contributed by atoms with van der Waals surface area (Å²) in [5.74, 6) is 1.54. The van der Waals surface area contributed by atoms with Gasteiger partial charge in [-0.05, 0) is 30.7 Å². The number of nitrogens with two attached hydrogens (primary N) is 1. The van der Waals surface area contributed by atoms with Crippen LogP contribution in [-0.2, 0) is 5.54 Å². The smallest absolute Gasteiger partial charge is 0.169 e. The lowest BCUT2D eigenvalue weighted by Gasteiger charge is -2.39. The first kappa shape index (κ1) is 19.0. The Bertz CT molecular complexity index is 875. The van der Waals surface area contributed by atoms with Crippen molar-refractivity contribution in [2.24, 2.45) is 10.7 Å². The van der Waals surface area contributed by atoms with E-state index in [1.165, 1.54) is 24.9 Å². The third-order valence-electron chi connectivity index (χ3n) is 4.31. The minimum Gasteiger partial charge on any atom is -0.497 e. The molecular weight excluding hydrogens is 419 g/mol. The van der Waals surface area contributed by atoms with Crippen molar-refractivity contribution in [2.45, 2.75) is 25.8 Å². The van der Waals surface area contributed by atoms with Crippen LogP contribution in [0.2, 0.25) is 0 Å². The van der Waals surface area contributed by atoms with Gasteiger partial charge in [-0.15, -0.1) is 0 Å². The Kier molecular flexibility index (Phi) is 5.48. The Balaban J connectivity index is 0.000000948. The van der Waals surface area contributed by atoms with Gasteiger partial charge in [-0.1, -0.05) is 41.5 Å². The van der Waals surface area contributed by atoms with E-state index in [4.69, 9.17) is 20.2 Å². The number of nitrogens with zero attached hydrogens (tertiary/aromatic N) is 1. The van der Waals surface area contributed by atoms with Crippen LogP contribution in [0.1, 0.15) is 31.4 Å². The predicted molar refractivity (Wildman–Crippen MR) is 108 cm³/mol. The number of ether oxygens (including phenoxy) is 2. The number of methoxy groups -OCH3 is 1. The monoisotopic (exact) mass is 438 g/mol. The van der Waals surface area contributed by atoms with Gasteiger partial charge in [-0.2, -0.15) is 0 Å². The van der Waals surface area contributed by atoms with E-state index in [1.54, 1.807) is 6.07 Å². The van der Waals surface area contributed by atoms with Crippen LogP contribution >= 0.6 is 27.7 Å². The van der Waals surface area contributed by atoms with E-state index in [0.29, 0.717) is 28.7 Å². The first-order valence-corrected chi connectivity index (χ1v) is 10.2. The topological polar surface area (TPSA) is 56.8 Å². The SMILES string of the molecule is CC.COc1cc(F)c2c(c1)C1(CCSC(N)=N1)c1cc(Br)ccc1O2. The minimum absolute atomic E-state index is 0.189. The molecule has 0 aliphatic carbocycles. The minimum atomic E-state index is -0.766. The summed E-state index contributed by atoms with van der Waals surface area (Å²) >= 11 is 5.00. The molecule has 0 amide bonds. The lowest BCUT2D eigenvalue weighted by atomic mass is 9.78. The Hall–Kier alpha value is -1.73. The molecule has 138 valence electrons. The maximum atomic E-state index is 14.6. The van der Waals surface area contributed by atoms with Crippen LogP contribution in [0.4, 0.5) is 4.39 Å². The van der Waals surface area contributed by atoms with Gasteiger partial charge in [-0.3, -0.25) is 0 Å². The van der Waals surface area contributed by atoms with E-state index in [9.17, 15) is 4.39 Å². The highest BCUT2D eigenvalue weighted by molar-refractivity contribution is 9.10. The lowest BCUT2D eigenvalue weighted by molar-refractivity contribution is 0.359. The lowest BCUT2D eigenvalue weighted by Crippen LogP contribution is -2.35. The highest BCUT2D eigenvalue weighted by Crippen LogP contribution is 2.54. The molecule has 2 N–H and O–H groups in total. The zero-order valence-corrected chi connectivity index (χ0v) is 17.2. The average molecular weight is 439 g/mol. The fourth-order valence-corrected chi connectivity index (χ4v) is 4.42. The molecule has 7 heteroatoms. The van der Waals surface area contributed by atoms with Crippen molar-refractivity contribution >= 4 is 32.9 Å². The standard InChI is InChI=1S/C17H14BrFN2O2S.C2H6/c1-22-10-7-12-15(13(19)8-10)23-14-3-2-9(18)6-11(14)17(12)4-5-24-16(20)21-17;1-2/h2-3,6-8H,4-5H2,1H3,(H2,20,21);1-2H3. The molecule has 2 heterocycles. The molecule has 4 nitrogen and oxygen atoms in total. The molecule has 0 saturated heterocycles. The Labute approximate surface area is 165 Å². The largest absolute Gasteiger partial charge is 0.497 e. The summed E-state index contributed by atoms with van der Waals surface area (Å²) in [5, 5.41) is 0.489. The van der Waals surface area contributed by atoms with E-state index in [0.717, 1.165) is 15.8 Å². The van der Waals surface area contributed by atoms with Gasteiger partial charge >= 0.3 is 0 Å². The number of benzene rings is 2. The molecule has 2 aromatic rings. The highest BCUT2D eigenvalue weighted by Gasteiger charge is 2.45. The molecule has 1 spiro atoms. The molecule has 2 aromatic carbocycles. The Morgan fingerprint density at radius 1 is 1.27 bits per heavy atom. The van der Waals surface area contributed by atoms with Gasteiger partial charge in [0.2, 0.25) is 0 Å². The van der Waals surface area contributed by atoms with Crippen molar-refractivity contribution in [1.82, 2.24) is 0 Å². The molecule has 0 radical (unpaired) electrons. The zero-order valence-electron chi connectivity index (χ0n) is 14.8. The van der Waals surface area contributed by atoms with E-state index >= 15 is 0 Å². The number of halogens is 2. The third kappa shape index (κ3) is 3.07. The van der Waals surface area contributed by atoms with Crippen LogP contribution in [-0.4, -0.2) is 18.0 Å². The first-order valence-electron chi connectivity index (χ1n) is 8.37. The number of hydrogen-bond donors (Lipinski definition) is 1. The van der Waals surface area contributed by atoms with Crippen LogP contribution in [0.3, 0.4) is 0 Å². The van der Waals surface area contributed by atoms with Crippen LogP contribution < -0.4 is 15.2 Å². The number of rotatable bonds is 1. The number of fused-ring (bicyclic) bond motifs is 4. The van der Waals surface area contributed by atoms with E-state index in [-0.39, 0.29) is 5.75 Å². The number of aliphatic imine (C=N–C) groups is 1. The fourth-order valence-electron chi connectivity index (χ4n) is 3.24. The van der Waals surface area contributed by atoms with E-state index < -0.39 is 11.4 Å². The van der Waals surface area contributed by atoms with Crippen LogP contribution in [0.5, 0.6) is 17.2 Å². The molecule has 0 aromatic heterocycles. The molecule has 0 fully saturated rings. The summed E-state index contributed by atoms with van der Waals surface area (Å²) in [7, 11) is 1.51. The molecule has 0 saturated carbocycles. The second-order valence-corrected chi connectivity index (χ2v) is 7.67. The molecule has 1 unspecified atom stereocenters. The molecule has 4 rings (SSSR count). The van der Waals surface area contributed by atoms with Gasteiger partial charge < -0.3 is 15.2 Å². The van der Waals surface area contributed by atoms with Crippen LogP contribution in [0.15, 0.2) is 39.8 Å². The van der Waals surface area contributed by atoms with Crippen LogP contribution in [0, 0.1) is 5.82 Å². The summed E-state index contributed by atoms with van der Waals surface area (Å²) in [6.07, 6.45) is 0.699. The maximum Gasteiger partial charge on any atom is 0.169 e. The number of hydrogen-bond acceptors (Lipinski definition) is 5. The van der Waals surface area contributed by atoms with Gasteiger partial charge in [-0.25, -0.2) is 9.38 Å². The van der Waals surface area contributed by atoms with Gasteiger partial charge in [0.05, 0.1) is 7.11 Å². The summed E-state index contributed by atoms with van der Waals surface area (Å²) in [6, 6.07) is 8.75. The summed E-state index contributed by atoms with van der Waals surface area (Å²) < 4.78 is 26.6. The molecule has 1 atom stereocenters. The second-order valence-electron chi connectivity index (χ2n) is 5.64. The average Bonchev–Trinajstić information content (AvgIpc) is 2.65. The highest BCUT2D eigenvalue weighted by atomic mass is 79.9. The summed E-state index contributed by atoms with van der Waals surface area (Å²) in [6.45, 7) is 4.00. The van der Waals surface area contributed by atoms with Crippen LogP contribution in [0.25, 0.3) is 0 Å².